The van der Waals surface area contributed by atoms with Gasteiger partial charge in [-0.1, -0.05) is 35.8 Å². The minimum Gasteiger partial charge on any atom is -0.392 e. The Balaban J connectivity index is 2.04. The molecule has 1 aliphatic rings. The molecule has 1 fully saturated rings. The van der Waals surface area contributed by atoms with Gasteiger partial charge in [0.1, 0.15) is 5.82 Å². The summed E-state index contributed by atoms with van der Waals surface area (Å²) in [7, 11) is 0. The lowest BCUT2D eigenvalue weighted by atomic mass is 10.00. The predicted octanol–water partition coefficient (Wildman–Crippen LogP) is 3.54. The van der Waals surface area contributed by atoms with Crippen LogP contribution in [0.4, 0.5) is 4.39 Å². The fourth-order valence-corrected chi connectivity index (χ4v) is 2.73. The number of aliphatic hydroxyl groups excluding tert-OH is 1. The van der Waals surface area contributed by atoms with Crippen LogP contribution in [0, 0.1) is 17.2 Å². The quantitative estimate of drug-likeness (QED) is 0.901. The summed E-state index contributed by atoms with van der Waals surface area (Å²) in [6.45, 7) is 4.33. The van der Waals surface area contributed by atoms with Crippen molar-refractivity contribution in [2.24, 2.45) is 11.3 Å². The van der Waals surface area contributed by atoms with Crippen molar-refractivity contribution in [1.82, 2.24) is 0 Å². The van der Waals surface area contributed by atoms with Crippen LogP contribution in [0.5, 0.6) is 0 Å². The van der Waals surface area contributed by atoms with Crippen molar-refractivity contribution in [2.75, 3.05) is 0 Å². The summed E-state index contributed by atoms with van der Waals surface area (Å²) in [5, 5.41) is 10.1. The van der Waals surface area contributed by atoms with Crippen LogP contribution in [0.3, 0.4) is 0 Å². The third-order valence-electron chi connectivity index (χ3n) is 3.50. The number of halogens is 2. The van der Waals surface area contributed by atoms with Crippen LogP contribution in [0.25, 0.3) is 0 Å². The van der Waals surface area contributed by atoms with Gasteiger partial charge < -0.3 is 5.11 Å². The first-order valence-electron chi connectivity index (χ1n) is 5.52. The van der Waals surface area contributed by atoms with Gasteiger partial charge in [0, 0.05) is 4.47 Å². The molecule has 16 heavy (non-hydrogen) atoms. The van der Waals surface area contributed by atoms with Gasteiger partial charge in [0.25, 0.3) is 0 Å². The number of benzene rings is 1. The molecular weight excluding hydrogens is 271 g/mol. The molecule has 1 aromatic carbocycles. The first-order chi connectivity index (χ1) is 7.40. The maximum absolute atomic E-state index is 12.9. The summed E-state index contributed by atoms with van der Waals surface area (Å²) in [5.74, 6) is 0.126. The van der Waals surface area contributed by atoms with Gasteiger partial charge >= 0.3 is 0 Å². The highest BCUT2D eigenvalue weighted by Gasteiger charge is 2.49. The van der Waals surface area contributed by atoms with Crippen molar-refractivity contribution >= 4 is 15.9 Å². The molecule has 0 spiro atoms. The number of aliphatic hydroxyl groups is 1. The van der Waals surface area contributed by atoms with Crippen molar-refractivity contribution in [2.45, 2.75) is 32.8 Å². The van der Waals surface area contributed by atoms with Crippen LogP contribution in [0.2, 0.25) is 0 Å². The van der Waals surface area contributed by atoms with E-state index in [1.807, 2.05) is 0 Å². The first-order valence-corrected chi connectivity index (χ1v) is 6.31. The van der Waals surface area contributed by atoms with Crippen LogP contribution >= 0.6 is 15.9 Å². The van der Waals surface area contributed by atoms with Crippen LogP contribution in [-0.2, 0) is 6.42 Å². The molecular formula is C13H16BrFO. The summed E-state index contributed by atoms with van der Waals surface area (Å²) in [4.78, 5) is 0. The standard InChI is InChI=1S/C13H16BrFO/c1-13(2)7-10(13)12(16)5-8-3-4-9(15)6-11(8)14/h3-4,6,10,12,16H,5,7H2,1-2H3. The average Bonchev–Trinajstić information content (AvgIpc) is 2.80. The Bertz CT molecular complexity index is 403. The van der Waals surface area contributed by atoms with E-state index < -0.39 is 0 Å². The normalized spacial score (nSPS) is 24.2. The van der Waals surface area contributed by atoms with E-state index in [2.05, 4.69) is 29.8 Å². The zero-order valence-electron chi connectivity index (χ0n) is 9.50. The summed E-state index contributed by atoms with van der Waals surface area (Å²) >= 11 is 3.32. The molecule has 0 amide bonds. The van der Waals surface area contributed by atoms with E-state index in [0.29, 0.717) is 12.3 Å². The van der Waals surface area contributed by atoms with E-state index in [1.165, 1.54) is 12.1 Å². The lowest BCUT2D eigenvalue weighted by Crippen LogP contribution is -2.16. The molecule has 0 aromatic heterocycles. The molecule has 1 N–H and O–H groups in total. The maximum Gasteiger partial charge on any atom is 0.124 e. The molecule has 2 atom stereocenters. The van der Waals surface area contributed by atoms with Crippen LogP contribution in [-0.4, -0.2) is 11.2 Å². The van der Waals surface area contributed by atoms with E-state index in [0.717, 1.165) is 16.5 Å². The van der Waals surface area contributed by atoms with E-state index in [9.17, 15) is 9.50 Å². The molecule has 1 saturated carbocycles. The number of hydrogen-bond donors (Lipinski definition) is 1. The summed E-state index contributed by atoms with van der Waals surface area (Å²) in [6, 6.07) is 4.61. The van der Waals surface area contributed by atoms with E-state index in [-0.39, 0.29) is 17.3 Å². The Morgan fingerprint density at radius 3 is 2.69 bits per heavy atom. The lowest BCUT2D eigenvalue weighted by Gasteiger charge is -2.13. The minimum absolute atomic E-state index is 0.253. The van der Waals surface area contributed by atoms with Crippen molar-refractivity contribution in [3.8, 4) is 0 Å². The molecule has 1 aliphatic carbocycles. The molecule has 2 unspecified atom stereocenters. The fourth-order valence-electron chi connectivity index (χ4n) is 2.22. The van der Waals surface area contributed by atoms with Gasteiger partial charge in [0.05, 0.1) is 6.10 Å². The zero-order valence-corrected chi connectivity index (χ0v) is 11.1. The third-order valence-corrected chi connectivity index (χ3v) is 4.24. The average molecular weight is 287 g/mol. The molecule has 3 heteroatoms. The zero-order chi connectivity index (χ0) is 11.9. The third kappa shape index (κ3) is 2.46. The Labute approximate surface area is 104 Å². The molecule has 2 rings (SSSR count). The molecule has 0 heterocycles. The van der Waals surface area contributed by atoms with Gasteiger partial charge in [-0.25, -0.2) is 4.39 Å². The largest absolute Gasteiger partial charge is 0.392 e. The molecule has 0 aliphatic heterocycles. The number of rotatable bonds is 3. The maximum atomic E-state index is 12.9. The Morgan fingerprint density at radius 2 is 2.19 bits per heavy atom. The Hall–Kier alpha value is -0.410. The van der Waals surface area contributed by atoms with Crippen molar-refractivity contribution in [3.05, 3.63) is 34.1 Å². The number of hydrogen-bond acceptors (Lipinski definition) is 1. The minimum atomic E-state index is -0.322. The van der Waals surface area contributed by atoms with E-state index >= 15 is 0 Å². The smallest absolute Gasteiger partial charge is 0.124 e. The van der Waals surface area contributed by atoms with E-state index in [1.54, 1.807) is 6.07 Å². The van der Waals surface area contributed by atoms with Gasteiger partial charge in [-0.15, -0.1) is 0 Å². The Morgan fingerprint density at radius 1 is 1.56 bits per heavy atom. The van der Waals surface area contributed by atoms with Gasteiger partial charge in [0.15, 0.2) is 0 Å². The second kappa shape index (κ2) is 4.11. The van der Waals surface area contributed by atoms with Gasteiger partial charge in [-0.2, -0.15) is 0 Å². The van der Waals surface area contributed by atoms with Gasteiger partial charge in [0.2, 0.25) is 0 Å². The summed E-state index contributed by atoms with van der Waals surface area (Å²) in [6.07, 6.45) is 1.35. The first kappa shape index (κ1) is 12.1. The lowest BCUT2D eigenvalue weighted by molar-refractivity contribution is 0.136. The van der Waals surface area contributed by atoms with E-state index in [4.69, 9.17) is 0 Å². The van der Waals surface area contributed by atoms with Crippen molar-refractivity contribution < 1.29 is 9.50 Å². The molecule has 0 radical (unpaired) electrons. The highest BCUT2D eigenvalue weighted by atomic mass is 79.9. The molecule has 88 valence electrons. The highest BCUT2D eigenvalue weighted by Crippen LogP contribution is 2.54. The monoisotopic (exact) mass is 286 g/mol. The Kier molecular flexibility index (Phi) is 3.10. The van der Waals surface area contributed by atoms with Crippen LogP contribution in [0.1, 0.15) is 25.8 Å². The van der Waals surface area contributed by atoms with Gasteiger partial charge in [-0.05, 0) is 41.9 Å². The molecule has 1 nitrogen and oxygen atoms in total. The SMILES string of the molecule is CC1(C)CC1C(O)Cc1ccc(F)cc1Br. The molecule has 0 saturated heterocycles. The highest BCUT2D eigenvalue weighted by molar-refractivity contribution is 9.10. The second-order valence-corrected chi connectivity index (χ2v) is 6.16. The van der Waals surface area contributed by atoms with Crippen LogP contribution < -0.4 is 0 Å². The molecule has 0 bridgehead atoms. The van der Waals surface area contributed by atoms with Crippen LogP contribution in [0.15, 0.2) is 22.7 Å². The van der Waals surface area contributed by atoms with Crippen molar-refractivity contribution in [3.63, 3.8) is 0 Å². The summed E-state index contributed by atoms with van der Waals surface area (Å²) < 4.78 is 13.6. The van der Waals surface area contributed by atoms with Gasteiger partial charge in [-0.3, -0.25) is 0 Å². The predicted molar refractivity (Wildman–Crippen MR) is 65.7 cm³/mol. The van der Waals surface area contributed by atoms with Crippen molar-refractivity contribution in [1.29, 1.82) is 0 Å². The second-order valence-electron chi connectivity index (χ2n) is 5.31. The summed E-state index contributed by atoms with van der Waals surface area (Å²) in [5.41, 5.74) is 1.24. The molecule has 1 aromatic rings. The fraction of sp³-hybridized carbons (Fsp3) is 0.538. The topological polar surface area (TPSA) is 20.2 Å².